The van der Waals surface area contributed by atoms with Crippen LogP contribution in [0.4, 0.5) is 0 Å². The SMILES string of the molecule is CN1CCN(Cc2ccc(Cl)nc2)/C1=C(/C(Cl)=C(Cl)Cl)[N+](=O)[O-]. The molecule has 1 fully saturated rings. The van der Waals surface area contributed by atoms with Crippen LogP contribution in [0, 0.1) is 10.1 Å². The van der Waals surface area contributed by atoms with Gasteiger partial charge < -0.3 is 9.80 Å². The number of nitro groups is 1. The smallest absolute Gasteiger partial charge is 0.330 e. The van der Waals surface area contributed by atoms with Crippen molar-refractivity contribution in [3.8, 4) is 0 Å². The Morgan fingerprint density at radius 2 is 2.04 bits per heavy atom. The molecule has 0 aliphatic carbocycles. The molecule has 124 valence electrons. The van der Waals surface area contributed by atoms with Gasteiger partial charge in [-0.1, -0.05) is 52.5 Å². The zero-order valence-corrected chi connectivity index (χ0v) is 15.0. The van der Waals surface area contributed by atoms with Gasteiger partial charge in [0, 0.05) is 32.9 Å². The third-order valence-corrected chi connectivity index (χ3v) is 4.46. The van der Waals surface area contributed by atoms with Gasteiger partial charge in [-0.3, -0.25) is 10.1 Å². The van der Waals surface area contributed by atoms with Crippen molar-refractivity contribution < 1.29 is 4.92 Å². The molecule has 2 heterocycles. The number of rotatable bonds is 4. The van der Waals surface area contributed by atoms with Crippen molar-refractivity contribution in [1.82, 2.24) is 14.8 Å². The molecule has 0 saturated carbocycles. The minimum absolute atomic E-state index is 0.290. The Morgan fingerprint density at radius 1 is 1.35 bits per heavy atom. The molecular formula is C13H12Cl4N4O2. The van der Waals surface area contributed by atoms with Crippen molar-refractivity contribution in [1.29, 1.82) is 0 Å². The van der Waals surface area contributed by atoms with Crippen LogP contribution in [0.2, 0.25) is 5.15 Å². The third kappa shape index (κ3) is 4.20. The Kier molecular flexibility index (Phi) is 5.97. The predicted octanol–water partition coefficient (Wildman–Crippen LogP) is 3.81. The van der Waals surface area contributed by atoms with E-state index in [9.17, 15) is 10.1 Å². The first kappa shape index (κ1) is 18.1. The maximum Gasteiger partial charge on any atom is 0.330 e. The fourth-order valence-corrected chi connectivity index (χ4v) is 2.72. The highest BCUT2D eigenvalue weighted by Gasteiger charge is 2.34. The topological polar surface area (TPSA) is 62.5 Å². The summed E-state index contributed by atoms with van der Waals surface area (Å²) in [5.41, 5.74) is 0.538. The van der Waals surface area contributed by atoms with Gasteiger partial charge in [0.15, 0.2) is 10.9 Å². The van der Waals surface area contributed by atoms with Crippen molar-refractivity contribution in [2.24, 2.45) is 0 Å². The van der Waals surface area contributed by atoms with Crippen LogP contribution >= 0.6 is 46.4 Å². The molecule has 0 amide bonds. The molecule has 6 nitrogen and oxygen atoms in total. The van der Waals surface area contributed by atoms with Crippen molar-refractivity contribution >= 4 is 46.4 Å². The molecule has 0 spiro atoms. The summed E-state index contributed by atoms with van der Waals surface area (Å²) >= 11 is 23.0. The fraction of sp³-hybridized carbons (Fsp3) is 0.308. The number of allylic oxidation sites excluding steroid dienone is 1. The summed E-state index contributed by atoms with van der Waals surface area (Å²) in [6.07, 6.45) is 1.62. The van der Waals surface area contributed by atoms with Crippen molar-refractivity contribution in [3.05, 3.63) is 60.2 Å². The number of halogens is 4. The van der Waals surface area contributed by atoms with Crippen molar-refractivity contribution in [2.75, 3.05) is 20.1 Å². The number of likely N-dealkylation sites (N-methyl/N-ethyl adjacent to an activating group) is 1. The Morgan fingerprint density at radius 3 is 2.57 bits per heavy atom. The van der Waals surface area contributed by atoms with Gasteiger partial charge in [0.25, 0.3) is 0 Å². The molecular weight excluding hydrogens is 386 g/mol. The van der Waals surface area contributed by atoms with E-state index >= 15 is 0 Å². The summed E-state index contributed by atoms with van der Waals surface area (Å²) in [4.78, 5) is 18.4. The molecule has 1 aliphatic heterocycles. The molecule has 0 unspecified atom stereocenters. The van der Waals surface area contributed by atoms with E-state index in [1.807, 2.05) is 11.0 Å². The molecule has 0 N–H and O–H groups in total. The van der Waals surface area contributed by atoms with Gasteiger partial charge in [-0.2, -0.15) is 0 Å². The number of nitrogens with zero attached hydrogens (tertiary/aromatic N) is 4. The highest BCUT2D eigenvalue weighted by atomic mass is 35.5. The van der Waals surface area contributed by atoms with E-state index < -0.39 is 4.92 Å². The second-order valence-corrected chi connectivity index (χ2v) is 6.55. The summed E-state index contributed by atoms with van der Waals surface area (Å²) in [6.45, 7) is 1.62. The van der Waals surface area contributed by atoms with Gasteiger partial charge >= 0.3 is 5.70 Å². The lowest BCUT2D eigenvalue weighted by atomic mass is 10.2. The molecule has 0 aromatic carbocycles. The number of hydrogen-bond acceptors (Lipinski definition) is 5. The Hall–Kier alpha value is -1.21. The van der Waals surface area contributed by atoms with Gasteiger partial charge in [-0.25, -0.2) is 4.98 Å². The minimum Gasteiger partial charge on any atom is -0.354 e. The molecule has 1 aromatic rings. The maximum atomic E-state index is 11.4. The average Bonchev–Trinajstić information content (AvgIpc) is 2.83. The summed E-state index contributed by atoms with van der Waals surface area (Å²) in [6, 6.07) is 3.47. The van der Waals surface area contributed by atoms with Gasteiger partial charge in [-0.15, -0.1) is 0 Å². The van der Waals surface area contributed by atoms with Gasteiger partial charge in [-0.05, 0) is 11.6 Å². The zero-order chi connectivity index (χ0) is 17.1. The molecule has 23 heavy (non-hydrogen) atoms. The lowest BCUT2D eigenvalue weighted by Gasteiger charge is -2.22. The van der Waals surface area contributed by atoms with E-state index in [1.54, 1.807) is 24.2 Å². The van der Waals surface area contributed by atoms with Crippen molar-refractivity contribution in [3.63, 3.8) is 0 Å². The molecule has 1 saturated heterocycles. The largest absolute Gasteiger partial charge is 0.354 e. The summed E-state index contributed by atoms with van der Waals surface area (Å²) in [5.74, 6) is 0.355. The number of aromatic nitrogens is 1. The normalized spacial score (nSPS) is 16.6. The first-order chi connectivity index (χ1) is 10.8. The van der Waals surface area contributed by atoms with Crippen LogP contribution in [0.5, 0.6) is 0 Å². The van der Waals surface area contributed by atoms with Gasteiger partial charge in [0.05, 0.1) is 4.92 Å². The van der Waals surface area contributed by atoms with Gasteiger partial charge in [0.1, 0.15) is 9.64 Å². The standard InChI is InChI=1S/C13H12Cl4N4O2/c1-19-4-5-20(7-8-2-3-9(14)18-6-8)13(19)11(21(22)23)10(15)12(16)17/h2-3,6H,4-5,7H2,1H3/b13-11-. The lowest BCUT2D eigenvalue weighted by molar-refractivity contribution is -0.422. The Labute approximate surface area is 153 Å². The van der Waals surface area contributed by atoms with Crippen LogP contribution in [0.3, 0.4) is 0 Å². The maximum absolute atomic E-state index is 11.4. The van der Waals surface area contributed by atoms with E-state index in [2.05, 4.69) is 4.98 Å². The average molecular weight is 398 g/mol. The highest BCUT2D eigenvalue weighted by molar-refractivity contribution is 6.59. The summed E-state index contributed by atoms with van der Waals surface area (Å²) in [7, 11) is 1.74. The van der Waals surface area contributed by atoms with Crippen LogP contribution in [-0.2, 0) is 6.54 Å². The molecule has 1 aromatic heterocycles. The first-order valence-electron chi connectivity index (χ1n) is 6.47. The monoisotopic (exact) mass is 396 g/mol. The summed E-state index contributed by atoms with van der Waals surface area (Å²) < 4.78 is -0.348. The Balaban J connectivity index is 2.43. The van der Waals surface area contributed by atoms with Gasteiger partial charge in [0.2, 0.25) is 0 Å². The number of hydrogen-bond donors (Lipinski definition) is 0. The third-order valence-electron chi connectivity index (χ3n) is 3.30. The number of pyridine rings is 1. The Bertz CT molecular complexity index is 671. The molecule has 2 rings (SSSR count). The lowest BCUT2D eigenvalue weighted by Crippen LogP contribution is -2.25. The van der Waals surface area contributed by atoms with Crippen LogP contribution in [0.1, 0.15) is 5.56 Å². The molecule has 1 aliphatic rings. The van der Waals surface area contributed by atoms with E-state index in [0.717, 1.165) is 5.56 Å². The fourth-order valence-electron chi connectivity index (χ4n) is 2.28. The first-order valence-corrected chi connectivity index (χ1v) is 7.98. The highest BCUT2D eigenvalue weighted by Crippen LogP contribution is 2.32. The minimum atomic E-state index is -0.586. The summed E-state index contributed by atoms with van der Waals surface area (Å²) in [5, 5.41) is 11.5. The zero-order valence-electron chi connectivity index (χ0n) is 12.0. The predicted molar refractivity (Wildman–Crippen MR) is 90.9 cm³/mol. The van der Waals surface area contributed by atoms with Crippen LogP contribution in [0.15, 0.2) is 39.4 Å². The second kappa shape index (κ2) is 7.57. The van der Waals surface area contributed by atoms with Crippen LogP contribution in [0.25, 0.3) is 0 Å². The quantitative estimate of drug-likeness (QED) is 0.439. The van der Waals surface area contributed by atoms with Crippen LogP contribution in [-0.4, -0.2) is 39.8 Å². The second-order valence-electron chi connectivity index (χ2n) is 4.84. The molecule has 0 bridgehead atoms. The van der Waals surface area contributed by atoms with E-state index in [-0.39, 0.29) is 15.2 Å². The molecule has 0 atom stereocenters. The van der Waals surface area contributed by atoms with E-state index in [0.29, 0.717) is 30.6 Å². The molecule has 10 heteroatoms. The molecule has 0 radical (unpaired) electrons. The van der Waals surface area contributed by atoms with E-state index in [1.165, 1.54) is 0 Å². The van der Waals surface area contributed by atoms with Crippen molar-refractivity contribution in [2.45, 2.75) is 6.54 Å². The van der Waals surface area contributed by atoms with Crippen LogP contribution < -0.4 is 0 Å². The van der Waals surface area contributed by atoms with E-state index in [4.69, 9.17) is 46.4 Å².